The summed E-state index contributed by atoms with van der Waals surface area (Å²) in [4.78, 5) is 4.18. The fourth-order valence-corrected chi connectivity index (χ4v) is 2.61. The standard InChI is InChI=1S/C18H16ClF2N5O2/c1-27-6-7-28-13-9-11-8-12(2-3-14(11)24-10-13)18(20,21)17(23)26-16(22)5-4-15(19)25-26/h2-5,8-10,22-23H,6-7H2,1H3. The molecule has 0 amide bonds. The van der Waals surface area contributed by atoms with Crippen LogP contribution in [0.2, 0.25) is 5.15 Å². The van der Waals surface area contributed by atoms with E-state index in [1.807, 2.05) is 0 Å². The first-order valence-electron chi connectivity index (χ1n) is 8.12. The Morgan fingerprint density at radius 2 is 2.00 bits per heavy atom. The van der Waals surface area contributed by atoms with Gasteiger partial charge in [0.15, 0.2) is 5.84 Å². The number of methoxy groups -OCH3 is 1. The topological polar surface area (TPSA) is 96.9 Å². The van der Waals surface area contributed by atoms with E-state index in [9.17, 15) is 8.78 Å². The van der Waals surface area contributed by atoms with E-state index in [0.717, 1.165) is 0 Å². The molecule has 0 unspecified atom stereocenters. The van der Waals surface area contributed by atoms with Crippen LogP contribution in [0, 0.1) is 10.8 Å². The van der Waals surface area contributed by atoms with Gasteiger partial charge in [-0.2, -0.15) is 18.6 Å². The second-order valence-electron chi connectivity index (χ2n) is 5.80. The summed E-state index contributed by atoms with van der Waals surface area (Å²) in [5.41, 5.74) is -0.320. The van der Waals surface area contributed by atoms with Gasteiger partial charge in [0.05, 0.1) is 18.3 Å². The first-order valence-corrected chi connectivity index (χ1v) is 8.50. The molecule has 3 rings (SSSR count). The maximum Gasteiger partial charge on any atom is 0.331 e. The summed E-state index contributed by atoms with van der Waals surface area (Å²) in [7, 11) is 1.54. The van der Waals surface area contributed by atoms with Gasteiger partial charge in [-0.15, -0.1) is 0 Å². The van der Waals surface area contributed by atoms with E-state index in [-0.39, 0.29) is 10.6 Å². The molecule has 0 fully saturated rings. The quantitative estimate of drug-likeness (QED) is 0.372. The van der Waals surface area contributed by atoms with Crippen molar-refractivity contribution in [3.8, 4) is 5.75 Å². The third kappa shape index (κ3) is 4.00. The van der Waals surface area contributed by atoms with E-state index in [1.165, 1.54) is 36.5 Å². The number of nitrogens with one attached hydrogen (secondary N) is 2. The Labute approximate surface area is 163 Å². The van der Waals surface area contributed by atoms with Crippen molar-refractivity contribution < 1.29 is 18.3 Å². The number of nitrogens with zero attached hydrogens (tertiary/aromatic N) is 3. The highest BCUT2D eigenvalue weighted by Crippen LogP contribution is 2.32. The second kappa shape index (κ2) is 7.99. The largest absolute Gasteiger partial charge is 0.490 e. The number of rotatable bonds is 6. The van der Waals surface area contributed by atoms with E-state index < -0.39 is 17.3 Å². The Kier molecular flexibility index (Phi) is 5.66. The van der Waals surface area contributed by atoms with Gasteiger partial charge in [-0.25, -0.2) is 0 Å². The van der Waals surface area contributed by atoms with E-state index in [2.05, 4.69) is 10.1 Å². The summed E-state index contributed by atoms with van der Waals surface area (Å²) in [5.74, 6) is -4.47. The van der Waals surface area contributed by atoms with Crippen molar-refractivity contribution >= 4 is 28.3 Å². The van der Waals surface area contributed by atoms with Gasteiger partial charge in [-0.05, 0) is 30.3 Å². The van der Waals surface area contributed by atoms with Crippen molar-refractivity contribution in [2.24, 2.45) is 0 Å². The monoisotopic (exact) mass is 407 g/mol. The molecule has 0 aliphatic carbocycles. The van der Waals surface area contributed by atoms with Gasteiger partial charge in [0.25, 0.3) is 0 Å². The van der Waals surface area contributed by atoms with E-state index in [0.29, 0.717) is 34.5 Å². The van der Waals surface area contributed by atoms with Gasteiger partial charge in [0.1, 0.15) is 23.0 Å². The molecular weight excluding hydrogens is 392 g/mol. The lowest BCUT2D eigenvalue weighted by Crippen LogP contribution is -2.39. The SMILES string of the molecule is COCCOc1cnc2ccc(C(F)(F)C(=N)n3nc(Cl)ccc3=N)cc2c1. The van der Waals surface area contributed by atoms with Gasteiger partial charge in [-0.3, -0.25) is 15.8 Å². The Morgan fingerprint density at radius 1 is 1.21 bits per heavy atom. The average Bonchev–Trinajstić information content (AvgIpc) is 2.69. The highest BCUT2D eigenvalue weighted by molar-refractivity contribution is 6.29. The van der Waals surface area contributed by atoms with Gasteiger partial charge < -0.3 is 9.47 Å². The van der Waals surface area contributed by atoms with Crippen molar-refractivity contribution in [1.82, 2.24) is 14.8 Å². The van der Waals surface area contributed by atoms with Crippen LogP contribution >= 0.6 is 11.6 Å². The van der Waals surface area contributed by atoms with Crippen LogP contribution in [0.5, 0.6) is 5.75 Å². The lowest BCUT2D eigenvalue weighted by Gasteiger charge is -2.19. The lowest BCUT2D eigenvalue weighted by atomic mass is 10.0. The molecule has 3 aromatic rings. The van der Waals surface area contributed by atoms with Crippen molar-refractivity contribution in [2.75, 3.05) is 20.3 Å². The Morgan fingerprint density at radius 3 is 2.75 bits per heavy atom. The first kappa shape index (κ1) is 19.8. The van der Waals surface area contributed by atoms with Crippen LogP contribution in [0.1, 0.15) is 5.56 Å². The number of alkyl halides is 2. The summed E-state index contributed by atoms with van der Waals surface area (Å²) in [6.45, 7) is 0.681. The molecule has 0 aliphatic rings. The molecule has 0 bridgehead atoms. The average molecular weight is 408 g/mol. The maximum atomic E-state index is 14.9. The number of pyridine rings is 1. The normalized spacial score (nSPS) is 11.6. The number of hydrogen-bond acceptors (Lipinski definition) is 6. The van der Waals surface area contributed by atoms with Crippen molar-refractivity contribution in [3.63, 3.8) is 0 Å². The molecule has 0 saturated heterocycles. The zero-order chi connectivity index (χ0) is 20.3. The van der Waals surface area contributed by atoms with Gasteiger partial charge >= 0.3 is 5.92 Å². The molecule has 0 spiro atoms. The van der Waals surface area contributed by atoms with Crippen molar-refractivity contribution in [3.05, 3.63) is 58.8 Å². The highest BCUT2D eigenvalue weighted by Gasteiger charge is 2.39. The third-order valence-electron chi connectivity index (χ3n) is 3.89. The van der Waals surface area contributed by atoms with Crippen LogP contribution < -0.4 is 10.2 Å². The lowest BCUT2D eigenvalue weighted by molar-refractivity contribution is 0.0697. The number of ether oxygens (including phenoxy) is 2. The molecule has 28 heavy (non-hydrogen) atoms. The Bertz CT molecular complexity index is 1090. The fourth-order valence-electron chi connectivity index (χ4n) is 2.47. The zero-order valence-corrected chi connectivity index (χ0v) is 15.5. The molecule has 0 saturated carbocycles. The van der Waals surface area contributed by atoms with Crippen LogP contribution in [0.25, 0.3) is 10.9 Å². The van der Waals surface area contributed by atoms with Crippen LogP contribution in [0.4, 0.5) is 8.78 Å². The van der Waals surface area contributed by atoms with Gasteiger partial charge in [0, 0.05) is 18.1 Å². The highest BCUT2D eigenvalue weighted by atomic mass is 35.5. The van der Waals surface area contributed by atoms with E-state index in [4.69, 9.17) is 31.9 Å². The molecule has 0 aliphatic heterocycles. The molecule has 0 radical (unpaired) electrons. The molecule has 10 heteroatoms. The second-order valence-corrected chi connectivity index (χ2v) is 6.18. The minimum absolute atomic E-state index is 0.0999. The molecule has 2 aromatic heterocycles. The number of halogens is 3. The van der Waals surface area contributed by atoms with E-state index >= 15 is 0 Å². The number of benzene rings is 1. The molecule has 7 nitrogen and oxygen atoms in total. The van der Waals surface area contributed by atoms with Crippen molar-refractivity contribution in [1.29, 1.82) is 10.8 Å². The maximum absolute atomic E-state index is 14.9. The summed E-state index contributed by atoms with van der Waals surface area (Å²) >= 11 is 5.72. The number of aromatic nitrogens is 3. The molecular formula is C18H16ClF2N5O2. The minimum atomic E-state index is -3.71. The molecule has 2 heterocycles. The van der Waals surface area contributed by atoms with Gasteiger partial charge in [-0.1, -0.05) is 17.7 Å². The first-order chi connectivity index (χ1) is 13.3. The van der Waals surface area contributed by atoms with Gasteiger partial charge in [0.2, 0.25) is 0 Å². The molecule has 0 atom stereocenters. The summed E-state index contributed by atoms with van der Waals surface area (Å²) in [6, 6.07) is 7.91. The smallest absolute Gasteiger partial charge is 0.331 e. The number of hydrogen-bond donors (Lipinski definition) is 2. The fraction of sp³-hybridized carbons (Fsp3) is 0.222. The third-order valence-corrected chi connectivity index (χ3v) is 4.09. The van der Waals surface area contributed by atoms with Crippen LogP contribution in [-0.2, 0) is 10.7 Å². The summed E-state index contributed by atoms with van der Waals surface area (Å²) in [6.07, 6.45) is 1.50. The van der Waals surface area contributed by atoms with Crippen LogP contribution in [-0.4, -0.2) is 40.9 Å². The van der Waals surface area contributed by atoms with Crippen LogP contribution in [0.15, 0.2) is 42.6 Å². The van der Waals surface area contributed by atoms with Crippen molar-refractivity contribution in [2.45, 2.75) is 5.92 Å². The molecule has 1 aromatic carbocycles. The van der Waals surface area contributed by atoms with Crippen LogP contribution in [0.3, 0.4) is 0 Å². The summed E-state index contributed by atoms with van der Waals surface area (Å²) in [5, 5.41) is 19.6. The van der Waals surface area contributed by atoms with E-state index in [1.54, 1.807) is 13.2 Å². The summed E-state index contributed by atoms with van der Waals surface area (Å²) < 4.78 is 40.7. The molecule has 2 N–H and O–H groups in total. The Balaban J connectivity index is 1.97. The minimum Gasteiger partial charge on any atom is -0.490 e. The zero-order valence-electron chi connectivity index (χ0n) is 14.7. The predicted molar refractivity (Wildman–Crippen MR) is 99.2 cm³/mol. The predicted octanol–water partition coefficient (Wildman–Crippen LogP) is 3.21. The number of fused-ring (bicyclic) bond motifs is 1. The Hall–Kier alpha value is -2.91. The molecule has 146 valence electrons.